The molecule has 7 nitrogen and oxygen atoms in total. The molecule has 0 aliphatic rings. The van der Waals surface area contributed by atoms with Gasteiger partial charge in [-0.15, -0.1) is 0 Å². The number of carbonyl (C=O) groups excluding carboxylic acids is 1. The van der Waals surface area contributed by atoms with Crippen LogP contribution in [0.25, 0.3) is 0 Å². The van der Waals surface area contributed by atoms with Crippen LogP contribution in [0.5, 0.6) is 11.5 Å². The Morgan fingerprint density at radius 2 is 1.81 bits per heavy atom. The van der Waals surface area contributed by atoms with Gasteiger partial charge in [-0.2, -0.15) is 0 Å². The molecule has 0 fully saturated rings. The van der Waals surface area contributed by atoms with E-state index in [0.29, 0.717) is 31.1 Å². The molecule has 0 spiro atoms. The number of nitrogens with zero attached hydrogens (tertiary/aromatic N) is 2. The Hall–Kier alpha value is -2.80. The van der Waals surface area contributed by atoms with Crippen molar-refractivity contribution in [3.05, 3.63) is 48.2 Å². The van der Waals surface area contributed by atoms with Crippen LogP contribution in [-0.2, 0) is 0 Å². The maximum atomic E-state index is 12.0. The van der Waals surface area contributed by atoms with Gasteiger partial charge in [0.2, 0.25) is 0 Å². The normalized spacial score (nSPS) is 10.5. The highest BCUT2D eigenvalue weighted by molar-refractivity contribution is 5.94. The van der Waals surface area contributed by atoms with E-state index in [1.165, 1.54) is 0 Å². The molecular formula is C19H26N4O3. The molecular weight excluding hydrogens is 332 g/mol. The number of hydrogen-bond donors (Lipinski definition) is 2. The predicted octanol–water partition coefficient (Wildman–Crippen LogP) is 1.87. The summed E-state index contributed by atoms with van der Waals surface area (Å²) in [6, 6.07) is 11.0. The molecule has 0 saturated carbocycles. The van der Waals surface area contributed by atoms with Gasteiger partial charge in [-0.25, -0.2) is 4.98 Å². The minimum Gasteiger partial charge on any atom is -0.497 e. The first-order chi connectivity index (χ1) is 12.6. The van der Waals surface area contributed by atoms with E-state index in [-0.39, 0.29) is 5.91 Å². The smallest absolute Gasteiger partial charge is 0.252 e. The van der Waals surface area contributed by atoms with Gasteiger partial charge in [0, 0.05) is 19.3 Å². The van der Waals surface area contributed by atoms with Crippen molar-refractivity contribution in [1.82, 2.24) is 15.2 Å². The summed E-state index contributed by atoms with van der Waals surface area (Å²) in [5.74, 6) is 2.16. The van der Waals surface area contributed by atoms with Crippen molar-refractivity contribution >= 4 is 11.7 Å². The maximum Gasteiger partial charge on any atom is 0.252 e. The number of benzene rings is 1. The van der Waals surface area contributed by atoms with E-state index in [9.17, 15) is 4.79 Å². The van der Waals surface area contributed by atoms with E-state index in [1.807, 2.05) is 43.3 Å². The molecule has 7 heteroatoms. The van der Waals surface area contributed by atoms with Crippen molar-refractivity contribution in [3.63, 3.8) is 0 Å². The molecule has 2 aromatic rings. The quantitative estimate of drug-likeness (QED) is 0.632. The molecule has 0 atom stereocenters. The fourth-order valence-corrected chi connectivity index (χ4v) is 2.15. The Balaban J connectivity index is 1.70. The second-order valence-electron chi connectivity index (χ2n) is 5.94. The summed E-state index contributed by atoms with van der Waals surface area (Å²) in [7, 11) is 5.56. The summed E-state index contributed by atoms with van der Waals surface area (Å²) in [6.07, 6.45) is 1.57. The third-order valence-corrected chi connectivity index (χ3v) is 3.61. The SMILES string of the molecule is COc1ccc(OCCNc2ccc(C(=O)NCCN(C)C)cn2)cc1. The lowest BCUT2D eigenvalue weighted by molar-refractivity contribution is 0.0950. The zero-order chi connectivity index (χ0) is 18.8. The second kappa shape index (κ2) is 10.2. The van der Waals surface area contributed by atoms with Crippen LogP contribution in [0.15, 0.2) is 42.6 Å². The maximum absolute atomic E-state index is 12.0. The van der Waals surface area contributed by atoms with Gasteiger partial charge >= 0.3 is 0 Å². The third kappa shape index (κ3) is 6.60. The molecule has 0 bridgehead atoms. The van der Waals surface area contributed by atoms with Crippen molar-refractivity contribution in [1.29, 1.82) is 0 Å². The summed E-state index contributed by atoms with van der Waals surface area (Å²) >= 11 is 0. The molecule has 0 aliphatic carbocycles. The zero-order valence-corrected chi connectivity index (χ0v) is 15.5. The van der Waals surface area contributed by atoms with Crippen LogP contribution in [0.3, 0.4) is 0 Å². The van der Waals surface area contributed by atoms with Crippen LogP contribution in [0.4, 0.5) is 5.82 Å². The number of anilines is 1. The van der Waals surface area contributed by atoms with E-state index in [4.69, 9.17) is 9.47 Å². The van der Waals surface area contributed by atoms with Crippen LogP contribution in [0, 0.1) is 0 Å². The van der Waals surface area contributed by atoms with Gasteiger partial charge in [-0.3, -0.25) is 4.79 Å². The van der Waals surface area contributed by atoms with Gasteiger partial charge in [-0.1, -0.05) is 0 Å². The summed E-state index contributed by atoms with van der Waals surface area (Å²) in [5, 5.41) is 6.02. The molecule has 1 amide bonds. The summed E-state index contributed by atoms with van der Waals surface area (Å²) in [5.41, 5.74) is 0.545. The third-order valence-electron chi connectivity index (χ3n) is 3.61. The van der Waals surface area contributed by atoms with Gasteiger partial charge in [0.05, 0.1) is 19.2 Å². The number of pyridine rings is 1. The van der Waals surface area contributed by atoms with Gasteiger partial charge in [0.1, 0.15) is 23.9 Å². The topological polar surface area (TPSA) is 75.7 Å². The van der Waals surface area contributed by atoms with Crippen molar-refractivity contribution in [2.75, 3.05) is 52.8 Å². The molecule has 0 unspecified atom stereocenters. The van der Waals surface area contributed by atoms with Gasteiger partial charge in [0.25, 0.3) is 5.91 Å². The summed E-state index contributed by atoms with van der Waals surface area (Å²) in [4.78, 5) is 18.3. The highest BCUT2D eigenvalue weighted by Gasteiger charge is 2.05. The summed E-state index contributed by atoms with van der Waals surface area (Å²) in [6.45, 7) is 2.51. The molecule has 1 aromatic carbocycles. The minimum absolute atomic E-state index is 0.117. The molecule has 26 heavy (non-hydrogen) atoms. The zero-order valence-electron chi connectivity index (χ0n) is 15.5. The highest BCUT2D eigenvalue weighted by Crippen LogP contribution is 2.16. The number of amides is 1. The van der Waals surface area contributed by atoms with Crippen molar-refractivity contribution in [3.8, 4) is 11.5 Å². The van der Waals surface area contributed by atoms with Gasteiger partial charge in [-0.05, 0) is 50.5 Å². The molecule has 2 N–H and O–H groups in total. The Labute approximate surface area is 154 Å². The minimum atomic E-state index is -0.117. The van der Waals surface area contributed by atoms with E-state index >= 15 is 0 Å². The molecule has 0 radical (unpaired) electrons. The average molecular weight is 358 g/mol. The van der Waals surface area contributed by atoms with Crippen LogP contribution < -0.4 is 20.1 Å². The first-order valence-corrected chi connectivity index (χ1v) is 8.48. The van der Waals surface area contributed by atoms with E-state index < -0.39 is 0 Å². The Kier molecular flexibility index (Phi) is 7.70. The first kappa shape index (κ1) is 19.5. The van der Waals surface area contributed by atoms with Crippen LogP contribution in [0.2, 0.25) is 0 Å². The van der Waals surface area contributed by atoms with Crippen molar-refractivity contribution in [2.24, 2.45) is 0 Å². The lowest BCUT2D eigenvalue weighted by Crippen LogP contribution is -2.31. The number of aromatic nitrogens is 1. The number of ether oxygens (including phenoxy) is 2. The number of carbonyl (C=O) groups is 1. The molecule has 1 aromatic heterocycles. The van der Waals surface area contributed by atoms with Crippen molar-refractivity contribution in [2.45, 2.75) is 0 Å². The molecule has 0 saturated heterocycles. The molecule has 0 aliphatic heterocycles. The lowest BCUT2D eigenvalue weighted by atomic mass is 10.2. The number of nitrogens with one attached hydrogen (secondary N) is 2. The summed E-state index contributed by atoms with van der Waals surface area (Å²) < 4.78 is 10.7. The highest BCUT2D eigenvalue weighted by atomic mass is 16.5. The van der Waals surface area contributed by atoms with E-state index in [1.54, 1.807) is 25.4 Å². The Bertz CT molecular complexity index is 672. The average Bonchev–Trinajstić information content (AvgIpc) is 2.66. The van der Waals surface area contributed by atoms with Crippen LogP contribution in [0.1, 0.15) is 10.4 Å². The molecule has 1 heterocycles. The van der Waals surface area contributed by atoms with Crippen LogP contribution >= 0.6 is 0 Å². The monoisotopic (exact) mass is 358 g/mol. The number of rotatable bonds is 10. The van der Waals surface area contributed by atoms with E-state index in [0.717, 1.165) is 18.0 Å². The Morgan fingerprint density at radius 3 is 2.42 bits per heavy atom. The fraction of sp³-hybridized carbons (Fsp3) is 0.368. The standard InChI is InChI=1S/C19H26N4O3/c1-23(2)12-10-21-19(24)15-4-9-18(22-14-15)20-11-13-26-17-7-5-16(25-3)6-8-17/h4-9,14H,10-13H2,1-3H3,(H,20,22)(H,21,24). The number of likely N-dealkylation sites (N-methyl/N-ethyl adjacent to an activating group) is 1. The van der Waals surface area contributed by atoms with Gasteiger partial charge in [0.15, 0.2) is 0 Å². The van der Waals surface area contributed by atoms with Gasteiger partial charge < -0.3 is 25.0 Å². The fourth-order valence-electron chi connectivity index (χ4n) is 2.15. The largest absolute Gasteiger partial charge is 0.497 e. The lowest BCUT2D eigenvalue weighted by Gasteiger charge is -2.11. The molecule has 2 rings (SSSR count). The second-order valence-corrected chi connectivity index (χ2v) is 5.94. The van der Waals surface area contributed by atoms with Crippen molar-refractivity contribution < 1.29 is 14.3 Å². The Morgan fingerprint density at radius 1 is 1.08 bits per heavy atom. The van der Waals surface area contributed by atoms with E-state index in [2.05, 4.69) is 15.6 Å². The number of hydrogen-bond acceptors (Lipinski definition) is 6. The number of methoxy groups -OCH3 is 1. The predicted molar refractivity (Wildman–Crippen MR) is 102 cm³/mol. The van der Waals surface area contributed by atoms with Crippen LogP contribution in [-0.4, -0.2) is 63.2 Å². The first-order valence-electron chi connectivity index (χ1n) is 8.48. The molecule has 140 valence electrons.